The SMILES string of the molecule is CN(C(=O)c1ccc(OCC2CC2)cc1)[C@@H]1Cc2ccc(CN3CC[C@H](O)C3)cc2C1. The predicted octanol–water partition coefficient (Wildman–Crippen LogP) is 3.28. The number of nitrogens with zero attached hydrogens (tertiary/aromatic N) is 2. The van der Waals surface area contributed by atoms with Gasteiger partial charge in [0, 0.05) is 38.3 Å². The lowest BCUT2D eigenvalue weighted by Crippen LogP contribution is -2.37. The average Bonchev–Trinajstić information content (AvgIpc) is 3.38. The molecule has 31 heavy (non-hydrogen) atoms. The van der Waals surface area contributed by atoms with E-state index in [1.54, 1.807) is 0 Å². The minimum Gasteiger partial charge on any atom is -0.493 e. The lowest BCUT2D eigenvalue weighted by molar-refractivity contribution is 0.0737. The fourth-order valence-electron chi connectivity index (χ4n) is 4.80. The summed E-state index contributed by atoms with van der Waals surface area (Å²) in [5.41, 5.74) is 4.71. The summed E-state index contributed by atoms with van der Waals surface area (Å²) in [6, 6.07) is 14.5. The van der Waals surface area contributed by atoms with E-state index in [2.05, 4.69) is 23.1 Å². The van der Waals surface area contributed by atoms with Crippen LogP contribution in [-0.2, 0) is 19.4 Å². The molecule has 1 amide bonds. The second-order valence-electron chi connectivity index (χ2n) is 9.54. The second kappa shape index (κ2) is 8.64. The molecule has 0 radical (unpaired) electrons. The van der Waals surface area contributed by atoms with Gasteiger partial charge in [-0.25, -0.2) is 0 Å². The van der Waals surface area contributed by atoms with Gasteiger partial charge in [0.15, 0.2) is 0 Å². The van der Waals surface area contributed by atoms with Crippen LogP contribution in [0.3, 0.4) is 0 Å². The van der Waals surface area contributed by atoms with Crippen LogP contribution >= 0.6 is 0 Å². The third-order valence-corrected chi connectivity index (χ3v) is 6.99. The quantitative estimate of drug-likeness (QED) is 0.747. The molecule has 2 atom stereocenters. The van der Waals surface area contributed by atoms with Crippen LogP contribution in [0.1, 0.15) is 46.3 Å². The topological polar surface area (TPSA) is 53.0 Å². The van der Waals surface area contributed by atoms with E-state index in [0.29, 0.717) is 5.56 Å². The molecule has 1 heterocycles. The van der Waals surface area contributed by atoms with Crippen LogP contribution in [0.4, 0.5) is 0 Å². The number of likely N-dealkylation sites (N-methyl/N-ethyl adjacent to an activating group) is 1. The Morgan fingerprint density at radius 1 is 1.10 bits per heavy atom. The van der Waals surface area contributed by atoms with Crippen molar-refractivity contribution in [2.24, 2.45) is 5.92 Å². The molecule has 5 rings (SSSR count). The molecule has 5 heteroatoms. The number of benzene rings is 2. The number of carbonyl (C=O) groups is 1. The molecule has 1 aliphatic heterocycles. The Bertz CT molecular complexity index is 938. The number of ether oxygens (including phenoxy) is 1. The van der Waals surface area contributed by atoms with Gasteiger partial charge in [-0.3, -0.25) is 9.69 Å². The van der Waals surface area contributed by atoms with E-state index < -0.39 is 0 Å². The van der Waals surface area contributed by atoms with Crippen molar-refractivity contribution in [3.63, 3.8) is 0 Å². The second-order valence-corrected chi connectivity index (χ2v) is 9.54. The molecule has 2 aromatic rings. The minimum atomic E-state index is -0.183. The Morgan fingerprint density at radius 2 is 1.87 bits per heavy atom. The zero-order valence-corrected chi connectivity index (χ0v) is 18.3. The van der Waals surface area contributed by atoms with Gasteiger partial charge in [0.1, 0.15) is 5.75 Å². The molecule has 2 fully saturated rings. The van der Waals surface area contributed by atoms with E-state index >= 15 is 0 Å². The van der Waals surface area contributed by atoms with Crippen LogP contribution in [0.5, 0.6) is 5.75 Å². The van der Waals surface area contributed by atoms with Crippen LogP contribution in [0, 0.1) is 5.92 Å². The maximum absolute atomic E-state index is 13.1. The normalized spacial score (nSPS) is 23.0. The third kappa shape index (κ3) is 4.78. The van der Waals surface area contributed by atoms with Gasteiger partial charge in [0.2, 0.25) is 0 Å². The van der Waals surface area contributed by atoms with E-state index in [1.165, 1.54) is 29.5 Å². The molecule has 2 aliphatic carbocycles. The van der Waals surface area contributed by atoms with Crippen LogP contribution in [0.15, 0.2) is 42.5 Å². The number of amides is 1. The number of likely N-dealkylation sites (tertiary alicyclic amines) is 1. The average molecular weight is 421 g/mol. The van der Waals surface area contributed by atoms with Crippen molar-refractivity contribution < 1.29 is 14.6 Å². The van der Waals surface area contributed by atoms with E-state index in [-0.39, 0.29) is 18.1 Å². The lowest BCUT2D eigenvalue weighted by Gasteiger charge is -2.24. The van der Waals surface area contributed by atoms with Gasteiger partial charge >= 0.3 is 0 Å². The first-order valence-corrected chi connectivity index (χ1v) is 11.6. The Morgan fingerprint density at radius 3 is 2.58 bits per heavy atom. The van der Waals surface area contributed by atoms with Gasteiger partial charge in [0.25, 0.3) is 5.91 Å². The number of carbonyl (C=O) groups excluding carboxylic acids is 1. The minimum absolute atomic E-state index is 0.0674. The zero-order chi connectivity index (χ0) is 21.4. The van der Waals surface area contributed by atoms with Crippen molar-refractivity contribution in [3.05, 3.63) is 64.7 Å². The van der Waals surface area contributed by atoms with Crippen molar-refractivity contribution in [2.45, 2.75) is 50.8 Å². The maximum Gasteiger partial charge on any atom is 0.253 e. The van der Waals surface area contributed by atoms with Gasteiger partial charge < -0.3 is 14.7 Å². The fourth-order valence-corrected chi connectivity index (χ4v) is 4.80. The summed E-state index contributed by atoms with van der Waals surface area (Å²) >= 11 is 0. The van der Waals surface area contributed by atoms with Crippen LogP contribution < -0.4 is 4.74 Å². The van der Waals surface area contributed by atoms with Gasteiger partial charge in [-0.1, -0.05) is 18.2 Å². The first kappa shape index (κ1) is 20.5. The molecule has 2 aromatic carbocycles. The fraction of sp³-hybridized carbons (Fsp3) is 0.500. The van der Waals surface area contributed by atoms with Crippen LogP contribution in [0.25, 0.3) is 0 Å². The largest absolute Gasteiger partial charge is 0.493 e. The highest BCUT2D eigenvalue weighted by Gasteiger charge is 2.29. The molecule has 3 aliphatic rings. The van der Waals surface area contributed by atoms with Gasteiger partial charge in [-0.2, -0.15) is 0 Å². The van der Waals surface area contributed by atoms with Crippen molar-refractivity contribution in [2.75, 3.05) is 26.7 Å². The Kier molecular flexibility index (Phi) is 5.72. The van der Waals surface area contributed by atoms with E-state index in [4.69, 9.17) is 4.74 Å². The van der Waals surface area contributed by atoms with Crippen LogP contribution in [0.2, 0.25) is 0 Å². The molecular weight excluding hydrogens is 388 g/mol. The molecule has 1 saturated carbocycles. The lowest BCUT2D eigenvalue weighted by atomic mass is 10.1. The number of aliphatic hydroxyl groups excluding tert-OH is 1. The summed E-state index contributed by atoms with van der Waals surface area (Å²) in [4.78, 5) is 17.3. The maximum atomic E-state index is 13.1. The van der Waals surface area contributed by atoms with Crippen molar-refractivity contribution in [1.82, 2.24) is 9.80 Å². The Balaban J connectivity index is 1.19. The number of aliphatic hydroxyl groups is 1. The van der Waals surface area contributed by atoms with Gasteiger partial charge in [-0.05, 0) is 79.0 Å². The molecule has 1 N–H and O–H groups in total. The summed E-state index contributed by atoms with van der Waals surface area (Å²) in [6.45, 7) is 3.40. The first-order chi connectivity index (χ1) is 15.0. The molecule has 0 aromatic heterocycles. The predicted molar refractivity (Wildman–Crippen MR) is 120 cm³/mol. The van der Waals surface area contributed by atoms with E-state index in [1.807, 2.05) is 36.2 Å². The number of hydrogen-bond acceptors (Lipinski definition) is 4. The summed E-state index contributed by atoms with van der Waals surface area (Å²) < 4.78 is 5.79. The molecule has 5 nitrogen and oxygen atoms in total. The van der Waals surface area contributed by atoms with Crippen molar-refractivity contribution in [3.8, 4) is 5.75 Å². The zero-order valence-electron chi connectivity index (χ0n) is 18.3. The number of hydrogen-bond donors (Lipinski definition) is 1. The van der Waals surface area contributed by atoms with E-state index in [0.717, 1.165) is 57.2 Å². The molecule has 0 bridgehead atoms. The number of rotatable bonds is 7. The molecular formula is C26H32N2O3. The number of fused-ring (bicyclic) bond motifs is 1. The highest BCUT2D eigenvalue weighted by atomic mass is 16.5. The summed E-state index contributed by atoms with van der Waals surface area (Å²) in [5, 5.41) is 9.75. The van der Waals surface area contributed by atoms with Gasteiger partial charge in [0.05, 0.1) is 12.7 Å². The Hall–Kier alpha value is -2.37. The highest BCUT2D eigenvalue weighted by Crippen LogP contribution is 2.30. The number of β-amino-alcohol motifs (C(OH)–C–C–N with tert-alkyl or cyclic N) is 1. The van der Waals surface area contributed by atoms with Crippen molar-refractivity contribution in [1.29, 1.82) is 0 Å². The third-order valence-electron chi connectivity index (χ3n) is 6.99. The first-order valence-electron chi connectivity index (χ1n) is 11.6. The highest BCUT2D eigenvalue weighted by molar-refractivity contribution is 5.94. The molecule has 0 spiro atoms. The smallest absolute Gasteiger partial charge is 0.253 e. The van der Waals surface area contributed by atoms with E-state index in [9.17, 15) is 9.90 Å². The summed E-state index contributed by atoms with van der Waals surface area (Å²) in [6.07, 6.45) is 5.03. The van der Waals surface area contributed by atoms with Gasteiger partial charge in [-0.15, -0.1) is 0 Å². The van der Waals surface area contributed by atoms with Crippen LogP contribution in [-0.4, -0.2) is 59.7 Å². The monoisotopic (exact) mass is 420 g/mol. The summed E-state index contributed by atoms with van der Waals surface area (Å²) in [5.74, 6) is 1.63. The van der Waals surface area contributed by atoms with Crippen molar-refractivity contribution >= 4 is 5.91 Å². The standard InChI is InChI=1S/C26H32N2O3/c1-27(26(30)20-6-8-25(9-7-20)31-17-18-2-3-18)23-13-21-5-4-19(12-22(21)14-23)15-28-11-10-24(29)16-28/h4-9,12,18,23-24,29H,2-3,10-11,13-17H2,1H3/t23-,24+/m1/s1. The molecule has 0 unspecified atom stereocenters. The molecule has 164 valence electrons. The summed E-state index contributed by atoms with van der Waals surface area (Å²) in [7, 11) is 1.92. The Labute approximate surface area is 184 Å². The molecule has 1 saturated heterocycles.